The van der Waals surface area contributed by atoms with Gasteiger partial charge in [0.15, 0.2) is 0 Å². The molecule has 0 spiro atoms. The number of amides is 1. The second kappa shape index (κ2) is 6.33. The molecule has 1 aliphatic heterocycles. The van der Waals surface area contributed by atoms with Crippen LogP contribution in [0.2, 0.25) is 0 Å². The van der Waals surface area contributed by atoms with Gasteiger partial charge in [-0.3, -0.25) is 4.79 Å². The molecule has 4 heteroatoms. The van der Waals surface area contributed by atoms with E-state index in [9.17, 15) is 4.79 Å². The third kappa shape index (κ3) is 3.35. The molecule has 1 amide bonds. The van der Waals surface area contributed by atoms with E-state index in [-0.39, 0.29) is 17.3 Å². The third-order valence-corrected chi connectivity index (χ3v) is 3.30. The van der Waals surface area contributed by atoms with E-state index in [0.717, 1.165) is 19.4 Å². The highest BCUT2D eigenvalue weighted by Crippen LogP contribution is 2.20. The van der Waals surface area contributed by atoms with Gasteiger partial charge in [0.05, 0.1) is 12.6 Å². The maximum atomic E-state index is 11.9. The molecule has 15 heavy (non-hydrogen) atoms. The van der Waals surface area contributed by atoms with Gasteiger partial charge >= 0.3 is 0 Å². The summed E-state index contributed by atoms with van der Waals surface area (Å²) in [6, 6.07) is 0.241. The minimum Gasteiger partial charge on any atom is -0.380 e. The molecule has 88 valence electrons. The van der Waals surface area contributed by atoms with Crippen molar-refractivity contribution >= 4 is 17.5 Å². The van der Waals surface area contributed by atoms with Crippen LogP contribution in [-0.4, -0.2) is 42.0 Å². The zero-order chi connectivity index (χ0) is 11.3. The van der Waals surface area contributed by atoms with Gasteiger partial charge in [-0.25, -0.2) is 0 Å². The number of hydrogen-bond donors (Lipinski definition) is 0. The Morgan fingerprint density at radius 1 is 1.60 bits per heavy atom. The van der Waals surface area contributed by atoms with Crippen LogP contribution < -0.4 is 0 Å². The first-order chi connectivity index (χ1) is 7.20. The highest BCUT2D eigenvalue weighted by molar-refractivity contribution is 6.30. The highest BCUT2D eigenvalue weighted by Gasteiger charge is 2.31. The van der Waals surface area contributed by atoms with Gasteiger partial charge < -0.3 is 9.64 Å². The van der Waals surface area contributed by atoms with E-state index in [1.807, 2.05) is 18.7 Å². The number of hydrogen-bond acceptors (Lipinski definition) is 2. The van der Waals surface area contributed by atoms with E-state index >= 15 is 0 Å². The van der Waals surface area contributed by atoms with Crippen molar-refractivity contribution in [2.24, 2.45) is 0 Å². The summed E-state index contributed by atoms with van der Waals surface area (Å²) in [7, 11) is 0. The molecule has 1 rings (SSSR count). The number of likely N-dealkylation sites (tertiary alicyclic amines) is 1. The second-order valence-electron chi connectivity index (χ2n) is 3.86. The number of rotatable bonds is 5. The third-order valence-electron chi connectivity index (χ3n) is 2.80. The average molecular weight is 234 g/mol. The quantitative estimate of drug-likeness (QED) is 0.680. The molecule has 1 saturated heterocycles. The Hall–Kier alpha value is -0.280. The van der Waals surface area contributed by atoms with E-state index in [1.165, 1.54) is 0 Å². The average Bonchev–Trinajstić information content (AvgIpc) is 2.72. The fourth-order valence-electron chi connectivity index (χ4n) is 1.91. The molecule has 0 aromatic rings. The maximum Gasteiger partial charge on any atom is 0.240 e. The van der Waals surface area contributed by atoms with Crippen molar-refractivity contribution in [1.29, 1.82) is 0 Å². The molecule has 0 unspecified atom stereocenters. The van der Waals surface area contributed by atoms with Crippen molar-refractivity contribution in [3.63, 3.8) is 0 Å². The van der Waals surface area contributed by atoms with E-state index < -0.39 is 0 Å². The van der Waals surface area contributed by atoms with Gasteiger partial charge in [0, 0.05) is 13.2 Å². The lowest BCUT2D eigenvalue weighted by Gasteiger charge is -2.26. The van der Waals surface area contributed by atoms with Crippen molar-refractivity contribution in [3.8, 4) is 0 Å². The zero-order valence-electron chi connectivity index (χ0n) is 9.54. The first kappa shape index (κ1) is 12.8. The summed E-state index contributed by atoms with van der Waals surface area (Å²) < 4.78 is 5.37. The molecule has 0 aliphatic carbocycles. The molecular weight excluding hydrogens is 214 g/mol. The Morgan fingerprint density at radius 3 is 2.93 bits per heavy atom. The Labute approximate surface area is 96.7 Å². The Balaban J connectivity index is 2.48. The van der Waals surface area contributed by atoms with Gasteiger partial charge in [0.1, 0.15) is 5.38 Å². The van der Waals surface area contributed by atoms with Gasteiger partial charge in [-0.05, 0) is 26.2 Å². The highest BCUT2D eigenvalue weighted by atomic mass is 35.5. The SMILES string of the molecule is CCOC[C@H]1CCCN1C(=O)[C@H](Cl)CC. The Morgan fingerprint density at radius 2 is 2.33 bits per heavy atom. The molecule has 1 aliphatic rings. The molecule has 1 fully saturated rings. The standard InChI is InChI=1S/C11H20ClNO2/c1-3-10(12)11(14)13-7-5-6-9(13)8-15-4-2/h9-10H,3-8H2,1-2H3/t9-,10-/m1/s1. The van der Waals surface area contributed by atoms with Gasteiger partial charge in [0.2, 0.25) is 5.91 Å². The van der Waals surface area contributed by atoms with Crippen LogP contribution in [0.5, 0.6) is 0 Å². The second-order valence-corrected chi connectivity index (χ2v) is 4.39. The summed E-state index contributed by atoms with van der Waals surface area (Å²) in [4.78, 5) is 13.8. The number of carbonyl (C=O) groups excluding carboxylic acids is 1. The fraction of sp³-hybridized carbons (Fsp3) is 0.909. The largest absolute Gasteiger partial charge is 0.380 e. The molecule has 0 aromatic carbocycles. The number of carbonyl (C=O) groups is 1. The zero-order valence-corrected chi connectivity index (χ0v) is 10.3. The molecule has 0 aromatic heterocycles. The lowest BCUT2D eigenvalue weighted by molar-refractivity contribution is -0.132. The van der Waals surface area contributed by atoms with Gasteiger partial charge in [-0.2, -0.15) is 0 Å². The summed E-state index contributed by atoms with van der Waals surface area (Å²) >= 11 is 5.96. The lowest BCUT2D eigenvalue weighted by Crippen LogP contribution is -2.42. The predicted octanol–water partition coefficient (Wildman–Crippen LogP) is 2.03. The molecule has 1 heterocycles. The first-order valence-electron chi connectivity index (χ1n) is 5.73. The van der Waals surface area contributed by atoms with Crippen LogP contribution in [0.3, 0.4) is 0 Å². The minimum atomic E-state index is -0.368. The normalized spacial score (nSPS) is 23.1. The van der Waals surface area contributed by atoms with Crippen molar-refractivity contribution in [3.05, 3.63) is 0 Å². The molecule has 0 radical (unpaired) electrons. The van der Waals surface area contributed by atoms with Crippen molar-refractivity contribution in [1.82, 2.24) is 4.90 Å². The Bertz CT molecular complexity index is 211. The monoisotopic (exact) mass is 233 g/mol. The van der Waals surface area contributed by atoms with E-state index in [0.29, 0.717) is 19.6 Å². The summed E-state index contributed by atoms with van der Waals surface area (Å²) in [5.41, 5.74) is 0. The van der Waals surface area contributed by atoms with Crippen LogP contribution in [0, 0.1) is 0 Å². The van der Waals surface area contributed by atoms with Crippen LogP contribution in [0.4, 0.5) is 0 Å². The predicted molar refractivity (Wildman–Crippen MR) is 61.2 cm³/mol. The number of ether oxygens (including phenoxy) is 1. The van der Waals surface area contributed by atoms with Crippen LogP contribution >= 0.6 is 11.6 Å². The van der Waals surface area contributed by atoms with Gasteiger partial charge in [0.25, 0.3) is 0 Å². The topological polar surface area (TPSA) is 29.5 Å². The van der Waals surface area contributed by atoms with Gasteiger partial charge in [-0.1, -0.05) is 6.92 Å². The van der Waals surface area contributed by atoms with Crippen molar-refractivity contribution < 1.29 is 9.53 Å². The van der Waals surface area contributed by atoms with Crippen LogP contribution in [-0.2, 0) is 9.53 Å². The molecule has 0 bridgehead atoms. The van der Waals surface area contributed by atoms with E-state index in [4.69, 9.17) is 16.3 Å². The molecule has 2 atom stereocenters. The van der Waals surface area contributed by atoms with Crippen molar-refractivity contribution in [2.45, 2.75) is 44.5 Å². The fourth-order valence-corrected chi connectivity index (χ4v) is 2.03. The summed E-state index contributed by atoms with van der Waals surface area (Å²) in [6.07, 6.45) is 2.80. The molecule has 0 saturated carbocycles. The maximum absolute atomic E-state index is 11.9. The van der Waals surface area contributed by atoms with Crippen molar-refractivity contribution in [2.75, 3.05) is 19.8 Å². The van der Waals surface area contributed by atoms with E-state index in [2.05, 4.69) is 0 Å². The summed E-state index contributed by atoms with van der Waals surface area (Å²) in [5.74, 6) is 0.0707. The Kier molecular flexibility index (Phi) is 5.40. The first-order valence-corrected chi connectivity index (χ1v) is 6.16. The van der Waals surface area contributed by atoms with Crippen LogP contribution in [0.1, 0.15) is 33.1 Å². The number of nitrogens with zero attached hydrogens (tertiary/aromatic N) is 1. The van der Waals surface area contributed by atoms with E-state index in [1.54, 1.807) is 0 Å². The van der Waals surface area contributed by atoms with Crippen LogP contribution in [0.15, 0.2) is 0 Å². The molecular formula is C11H20ClNO2. The molecule has 0 N–H and O–H groups in total. The minimum absolute atomic E-state index is 0.0707. The lowest BCUT2D eigenvalue weighted by atomic mass is 10.2. The van der Waals surface area contributed by atoms with Gasteiger partial charge in [-0.15, -0.1) is 11.6 Å². The number of alkyl halides is 1. The smallest absolute Gasteiger partial charge is 0.240 e. The number of halogens is 1. The molecule has 3 nitrogen and oxygen atoms in total. The summed E-state index contributed by atoms with van der Waals surface area (Å²) in [5, 5.41) is -0.368. The van der Waals surface area contributed by atoms with Crippen LogP contribution in [0.25, 0.3) is 0 Å². The summed E-state index contributed by atoms with van der Waals surface area (Å²) in [6.45, 7) is 6.09.